The van der Waals surface area contributed by atoms with Crippen LogP contribution in [0.25, 0.3) is 0 Å². The van der Waals surface area contributed by atoms with Gasteiger partial charge in [-0.3, -0.25) is 9.10 Å². The van der Waals surface area contributed by atoms with Crippen molar-refractivity contribution in [3.63, 3.8) is 0 Å². The molecule has 0 aromatic heterocycles. The molecule has 6 nitrogen and oxygen atoms in total. The number of aliphatic hydroxyl groups is 1. The zero-order valence-electron chi connectivity index (χ0n) is 17.2. The van der Waals surface area contributed by atoms with Crippen LogP contribution in [-0.4, -0.2) is 32.2 Å². The zero-order valence-corrected chi connectivity index (χ0v) is 19.5. The number of hydrogen-bond donors (Lipinski definition) is 2. The Hall–Kier alpha value is -2.58. The number of halogens is 2. The normalized spacial score (nSPS) is 12.2. The summed E-state index contributed by atoms with van der Waals surface area (Å²) in [5.41, 5.74) is 1.97. The number of sulfonamides is 1. The first-order valence-corrected chi connectivity index (χ1v) is 12.3. The Morgan fingerprint density at radius 3 is 2.28 bits per heavy atom. The molecule has 0 spiro atoms. The Morgan fingerprint density at radius 1 is 1.00 bits per heavy atom. The minimum Gasteiger partial charge on any atom is -0.387 e. The largest absolute Gasteiger partial charge is 0.387 e. The van der Waals surface area contributed by atoms with Crippen LogP contribution in [0.2, 0.25) is 10.0 Å². The van der Waals surface area contributed by atoms with Gasteiger partial charge in [-0.25, -0.2) is 8.42 Å². The first kappa shape index (κ1) is 24.1. The van der Waals surface area contributed by atoms with Gasteiger partial charge in [0.15, 0.2) is 0 Å². The molecule has 2 N–H and O–H groups in total. The maximum absolute atomic E-state index is 12.4. The van der Waals surface area contributed by atoms with Crippen LogP contribution in [0.3, 0.4) is 0 Å². The van der Waals surface area contributed by atoms with Crippen molar-refractivity contribution in [3.05, 3.63) is 99.5 Å². The molecule has 0 bridgehead atoms. The lowest BCUT2D eigenvalue weighted by atomic mass is 10.1. The Labute approximate surface area is 197 Å². The smallest absolute Gasteiger partial charge is 0.251 e. The maximum Gasteiger partial charge on any atom is 0.251 e. The van der Waals surface area contributed by atoms with E-state index in [2.05, 4.69) is 5.32 Å². The first-order chi connectivity index (χ1) is 15.2. The Bertz CT molecular complexity index is 1190. The predicted octanol–water partition coefficient (Wildman–Crippen LogP) is 4.42. The Morgan fingerprint density at radius 2 is 1.66 bits per heavy atom. The summed E-state index contributed by atoms with van der Waals surface area (Å²) in [5.74, 6) is -0.379. The zero-order chi connectivity index (χ0) is 23.3. The van der Waals surface area contributed by atoms with E-state index in [9.17, 15) is 18.3 Å². The summed E-state index contributed by atoms with van der Waals surface area (Å²) in [6, 6.07) is 20.2. The van der Waals surface area contributed by atoms with Gasteiger partial charge in [0, 0.05) is 12.1 Å². The van der Waals surface area contributed by atoms with E-state index in [-0.39, 0.29) is 24.0 Å². The Kier molecular flexibility index (Phi) is 7.79. The number of carbonyl (C=O) groups is 1. The summed E-state index contributed by atoms with van der Waals surface area (Å²) in [6.45, 7) is 0.0420. The number of carbonyl (C=O) groups excluding carboxylic acids is 1. The number of anilines is 1. The molecule has 32 heavy (non-hydrogen) atoms. The lowest BCUT2D eigenvalue weighted by Crippen LogP contribution is -2.30. The van der Waals surface area contributed by atoms with Gasteiger partial charge < -0.3 is 10.4 Å². The van der Waals surface area contributed by atoms with E-state index in [0.717, 1.165) is 6.26 Å². The van der Waals surface area contributed by atoms with Crippen molar-refractivity contribution in [2.75, 3.05) is 17.1 Å². The first-order valence-electron chi connectivity index (χ1n) is 9.68. The van der Waals surface area contributed by atoms with E-state index in [1.54, 1.807) is 42.5 Å². The number of aliphatic hydroxyl groups excluding tert-OH is 1. The van der Waals surface area contributed by atoms with E-state index in [1.807, 2.05) is 18.2 Å². The summed E-state index contributed by atoms with van der Waals surface area (Å²) in [5, 5.41) is 13.5. The quantitative estimate of drug-likeness (QED) is 0.487. The SMILES string of the molecule is CS(=O)(=O)N(Cc1cccc(Cl)c1Cl)c1ccc(C(=O)NC[C@@H](O)c2ccccc2)cc1. The molecule has 0 radical (unpaired) electrons. The predicted molar refractivity (Wildman–Crippen MR) is 128 cm³/mol. The summed E-state index contributed by atoms with van der Waals surface area (Å²) in [4.78, 5) is 12.4. The fraction of sp³-hybridized carbons (Fsp3) is 0.174. The van der Waals surface area contributed by atoms with Gasteiger partial charge in [0.1, 0.15) is 0 Å². The van der Waals surface area contributed by atoms with E-state index < -0.39 is 16.1 Å². The molecule has 0 heterocycles. The van der Waals surface area contributed by atoms with E-state index in [4.69, 9.17) is 23.2 Å². The molecule has 1 atom stereocenters. The van der Waals surface area contributed by atoms with Crippen molar-refractivity contribution in [1.29, 1.82) is 0 Å². The topological polar surface area (TPSA) is 86.7 Å². The van der Waals surface area contributed by atoms with Gasteiger partial charge in [0.25, 0.3) is 5.91 Å². The van der Waals surface area contributed by atoms with Gasteiger partial charge in [-0.05, 0) is 41.5 Å². The van der Waals surface area contributed by atoms with Crippen LogP contribution in [0.5, 0.6) is 0 Å². The molecular formula is C23H22Cl2N2O4S. The van der Waals surface area contributed by atoms with Gasteiger partial charge in [0.2, 0.25) is 10.0 Å². The highest BCUT2D eigenvalue weighted by Crippen LogP contribution is 2.29. The van der Waals surface area contributed by atoms with Crippen molar-refractivity contribution in [1.82, 2.24) is 5.32 Å². The van der Waals surface area contributed by atoms with Gasteiger partial charge in [-0.2, -0.15) is 0 Å². The number of hydrogen-bond acceptors (Lipinski definition) is 4. The third kappa shape index (κ3) is 6.01. The summed E-state index contributed by atoms with van der Waals surface area (Å²) in [7, 11) is -3.63. The minimum atomic E-state index is -3.63. The highest BCUT2D eigenvalue weighted by Gasteiger charge is 2.20. The highest BCUT2D eigenvalue weighted by molar-refractivity contribution is 7.92. The van der Waals surface area contributed by atoms with E-state index in [0.29, 0.717) is 27.4 Å². The van der Waals surface area contributed by atoms with Crippen molar-refractivity contribution in [2.24, 2.45) is 0 Å². The maximum atomic E-state index is 12.4. The molecule has 0 saturated heterocycles. The molecular weight excluding hydrogens is 471 g/mol. The average Bonchev–Trinajstić information content (AvgIpc) is 2.78. The molecule has 0 aliphatic heterocycles. The fourth-order valence-electron chi connectivity index (χ4n) is 3.09. The summed E-state index contributed by atoms with van der Waals surface area (Å²) >= 11 is 12.3. The number of amides is 1. The van der Waals surface area contributed by atoms with Crippen LogP contribution < -0.4 is 9.62 Å². The van der Waals surface area contributed by atoms with E-state index >= 15 is 0 Å². The summed E-state index contributed by atoms with van der Waals surface area (Å²) < 4.78 is 26.0. The molecule has 0 unspecified atom stereocenters. The molecule has 0 fully saturated rings. The molecule has 3 aromatic carbocycles. The molecule has 9 heteroatoms. The van der Waals surface area contributed by atoms with Gasteiger partial charge in [0.05, 0.1) is 34.6 Å². The minimum absolute atomic E-state index is 0.00691. The average molecular weight is 493 g/mol. The van der Waals surface area contributed by atoms with Crippen LogP contribution in [0.15, 0.2) is 72.8 Å². The summed E-state index contributed by atoms with van der Waals surface area (Å²) in [6.07, 6.45) is 0.263. The molecule has 3 aromatic rings. The lowest BCUT2D eigenvalue weighted by molar-refractivity contribution is 0.0916. The van der Waals surface area contributed by atoms with Crippen LogP contribution in [0, 0.1) is 0 Å². The highest BCUT2D eigenvalue weighted by atomic mass is 35.5. The van der Waals surface area contributed by atoms with Gasteiger partial charge in [-0.1, -0.05) is 65.7 Å². The van der Waals surface area contributed by atoms with Crippen molar-refractivity contribution < 1.29 is 18.3 Å². The fourth-order valence-corrected chi connectivity index (χ4v) is 4.35. The number of nitrogens with zero attached hydrogens (tertiary/aromatic N) is 1. The molecule has 0 saturated carbocycles. The van der Waals surface area contributed by atoms with Crippen LogP contribution in [0.4, 0.5) is 5.69 Å². The lowest BCUT2D eigenvalue weighted by Gasteiger charge is -2.23. The Balaban J connectivity index is 1.73. The number of rotatable bonds is 8. The third-order valence-corrected chi connectivity index (χ3v) is 6.80. The molecule has 0 aliphatic rings. The number of benzene rings is 3. The van der Waals surface area contributed by atoms with Gasteiger partial charge >= 0.3 is 0 Å². The molecule has 0 aliphatic carbocycles. The second-order valence-electron chi connectivity index (χ2n) is 7.17. The third-order valence-electron chi connectivity index (χ3n) is 4.80. The van der Waals surface area contributed by atoms with Crippen LogP contribution >= 0.6 is 23.2 Å². The van der Waals surface area contributed by atoms with Crippen molar-refractivity contribution >= 4 is 44.8 Å². The molecule has 3 rings (SSSR count). The monoisotopic (exact) mass is 492 g/mol. The molecule has 168 valence electrons. The van der Waals surface area contributed by atoms with Crippen LogP contribution in [-0.2, 0) is 16.6 Å². The van der Waals surface area contributed by atoms with Crippen LogP contribution in [0.1, 0.15) is 27.6 Å². The van der Waals surface area contributed by atoms with E-state index in [1.165, 1.54) is 16.4 Å². The van der Waals surface area contributed by atoms with Gasteiger partial charge in [-0.15, -0.1) is 0 Å². The van der Waals surface area contributed by atoms with Crippen molar-refractivity contribution in [2.45, 2.75) is 12.6 Å². The number of nitrogens with one attached hydrogen (secondary N) is 1. The van der Waals surface area contributed by atoms with Crippen molar-refractivity contribution in [3.8, 4) is 0 Å². The molecule has 1 amide bonds. The second-order valence-corrected chi connectivity index (χ2v) is 9.86. The second kappa shape index (κ2) is 10.4. The standard InChI is InChI=1S/C23H22Cl2N2O4S/c1-32(30,31)27(15-18-8-5-9-20(24)22(18)25)19-12-10-17(11-13-19)23(29)26-14-21(28)16-6-3-2-4-7-16/h2-13,21,28H,14-15H2,1H3,(H,26,29)/t21-/m1/s1.